The summed E-state index contributed by atoms with van der Waals surface area (Å²) in [5.41, 5.74) is 7.09. The zero-order chi connectivity index (χ0) is 21.2. The molecule has 29 heavy (non-hydrogen) atoms. The van der Waals surface area contributed by atoms with Gasteiger partial charge in [-0.3, -0.25) is 20.4 Å². The molecule has 0 aliphatic heterocycles. The van der Waals surface area contributed by atoms with Gasteiger partial charge in [-0.15, -0.1) is 0 Å². The number of hydrazine groups is 1. The van der Waals surface area contributed by atoms with E-state index in [-0.39, 0.29) is 19.1 Å². The second-order valence-corrected chi connectivity index (χ2v) is 7.29. The third-order valence-corrected chi connectivity index (χ3v) is 4.59. The number of carbonyl (C=O) groups excluding carboxylic acids is 2. The van der Waals surface area contributed by atoms with E-state index in [4.69, 9.17) is 16.3 Å². The van der Waals surface area contributed by atoms with Crippen molar-refractivity contribution < 1.29 is 19.2 Å². The first-order valence-corrected chi connectivity index (χ1v) is 9.81. The fourth-order valence-electron chi connectivity index (χ4n) is 2.64. The van der Waals surface area contributed by atoms with Crippen LogP contribution in [-0.4, -0.2) is 45.6 Å². The predicted octanol–water partition coefficient (Wildman–Crippen LogP) is 1.04. The largest absolute Gasteiger partial charge is 0.484 e. The summed E-state index contributed by atoms with van der Waals surface area (Å²) in [5.74, 6) is -0.171. The summed E-state index contributed by atoms with van der Waals surface area (Å²) in [6.07, 6.45) is 0. The van der Waals surface area contributed by atoms with E-state index in [1.54, 1.807) is 24.3 Å². The molecule has 8 heteroatoms. The van der Waals surface area contributed by atoms with Gasteiger partial charge < -0.3 is 14.5 Å². The van der Waals surface area contributed by atoms with E-state index in [0.29, 0.717) is 10.8 Å². The van der Waals surface area contributed by atoms with Crippen LogP contribution in [0.1, 0.15) is 12.5 Å². The fraction of sp³-hybridized carbons (Fsp3) is 0.333. The predicted molar refractivity (Wildman–Crippen MR) is 114 cm³/mol. The van der Waals surface area contributed by atoms with Gasteiger partial charge in [-0.25, -0.2) is 0 Å². The van der Waals surface area contributed by atoms with Crippen LogP contribution in [0.2, 0.25) is 5.02 Å². The Morgan fingerprint density at radius 2 is 1.62 bits per heavy atom. The molecule has 0 bridgehead atoms. The third kappa shape index (κ3) is 8.01. The van der Waals surface area contributed by atoms with Gasteiger partial charge in [0, 0.05) is 30.4 Å². The number of nitrogens with one attached hydrogen (secondary N) is 3. The van der Waals surface area contributed by atoms with Crippen molar-refractivity contribution in [2.45, 2.75) is 13.5 Å². The topological polar surface area (TPSA) is 75.1 Å². The van der Waals surface area contributed by atoms with Crippen molar-refractivity contribution in [1.82, 2.24) is 10.9 Å². The number of carbonyl (C=O) groups is 2. The van der Waals surface area contributed by atoms with Gasteiger partial charge in [0.05, 0.1) is 6.54 Å². The van der Waals surface area contributed by atoms with Gasteiger partial charge >= 0.3 is 0 Å². The zero-order valence-corrected chi connectivity index (χ0v) is 17.8. The molecule has 2 aromatic rings. The number of hydrogen-bond acceptors (Lipinski definition) is 4. The number of amides is 2. The van der Waals surface area contributed by atoms with E-state index in [0.717, 1.165) is 29.2 Å². The minimum Gasteiger partial charge on any atom is -0.484 e. The smallest absolute Gasteiger partial charge is 0.293 e. The number of ether oxygens (including phenoxy) is 1. The average molecular weight is 420 g/mol. The van der Waals surface area contributed by atoms with Crippen molar-refractivity contribution in [3.05, 3.63) is 59.1 Å². The zero-order valence-electron chi connectivity index (χ0n) is 17.0. The molecule has 7 nitrogen and oxygen atoms in total. The van der Waals surface area contributed by atoms with Gasteiger partial charge in [0.1, 0.15) is 12.3 Å². The second-order valence-electron chi connectivity index (χ2n) is 6.86. The van der Waals surface area contributed by atoms with Crippen LogP contribution in [0.5, 0.6) is 5.75 Å². The first-order chi connectivity index (χ1) is 13.9. The molecule has 0 radical (unpaired) electrons. The van der Waals surface area contributed by atoms with Gasteiger partial charge in [-0.05, 0) is 43.3 Å². The molecule has 1 atom stereocenters. The lowest BCUT2D eigenvalue weighted by Gasteiger charge is -2.18. The van der Waals surface area contributed by atoms with E-state index in [9.17, 15) is 9.59 Å². The van der Waals surface area contributed by atoms with Crippen molar-refractivity contribution in [1.29, 1.82) is 0 Å². The molecule has 2 amide bonds. The molecule has 156 valence electrons. The number of nitrogens with zero attached hydrogens (tertiary/aromatic N) is 1. The Kier molecular flexibility index (Phi) is 8.76. The van der Waals surface area contributed by atoms with Gasteiger partial charge in [0.2, 0.25) is 0 Å². The molecule has 0 heterocycles. The van der Waals surface area contributed by atoms with Crippen molar-refractivity contribution >= 4 is 29.1 Å². The molecule has 0 fully saturated rings. The van der Waals surface area contributed by atoms with E-state index in [2.05, 4.69) is 35.1 Å². The van der Waals surface area contributed by atoms with Gasteiger partial charge in [0.25, 0.3) is 11.8 Å². The maximum absolute atomic E-state index is 12.2. The van der Waals surface area contributed by atoms with Crippen LogP contribution >= 0.6 is 11.6 Å². The minimum absolute atomic E-state index is 0.204. The normalized spacial score (nSPS) is 11.4. The highest BCUT2D eigenvalue weighted by molar-refractivity contribution is 6.30. The highest BCUT2D eigenvalue weighted by atomic mass is 35.5. The monoisotopic (exact) mass is 419 g/mol. The Hall–Kier alpha value is -2.77. The van der Waals surface area contributed by atoms with E-state index >= 15 is 0 Å². The third-order valence-electron chi connectivity index (χ3n) is 4.34. The molecule has 0 aliphatic carbocycles. The quantitative estimate of drug-likeness (QED) is 0.531. The number of hydrogen-bond donors (Lipinski definition) is 3. The highest BCUT2D eigenvalue weighted by Gasteiger charge is 2.14. The molecular weight excluding hydrogens is 392 g/mol. The van der Waals surface area contributed by atoms with Crippen molar-refractivity contribution in [2.75, 3.05) is 38.7 Å². The number of rotatable bonds is 9. The molecule has 2 rings (SSSR count). The number of benzene rings is 2. The first kappa shape index (κ1) is 22.5. The maximum Gasteiger partial charge on any atom is 0.293 e. The van der Waals surface area contributed by atoms with Crippen molar-refractivity contribution in [2.24, 2.45) is 0 Å². The summed E-state index contributed by atoms with van der Waals surface area (Å²) >= 11 is 5.80. The summed E-state index contributed by atoms with van der Waals surface area (Å²) in [5, 5.41) is 0.589. The number of anilines is 1. The van der Waals surface area contributed by atoms with E-state index in [1.807, 2.05) is 25.9 Å². The molecule has 1 unspecified atom stereocenters. The van der Waals surface area contributed by atoms with Crippen LogP contribution in [0.15, 0.2) is 48.5 Å². The lowest BCUT2D eigenvalue weighted by Crippen LogP contribution is -3.11. The van der Waals surface area contributed by atoms with Crippen LogP contribution in [0.25, 0.3) is 0 Å². The highest BCUT2D eigenvalue weighted by Crippen LogP contribution is 2.15. The average Bonchev–Trinajstić information content (AvgIpc) is 2.71. The Balaban J connectivity index is 1.73. The molecule has 0 saturated heterocycles. The summed E-state index contributed by atoms with van der Waals surface area (Å²) in [4.78, 5) is 27.1. The summed E-state index contributed by atoms with van der Waals surface area (Å²) in [6.45, 7) is 3.59. The molecule has 0 aliphatic rings. The molecule has 0 spiro atoms. The van der Waals surface area contributed by atoms with Crippen LogP contribution in [0, 0.1) is 0 Å². The second kappa shape index (κ2) is 11.3. The Morgan fingerprint density at radius 3 is 2.21 bits per heavy atom. The molecule has 3 N–H and O–H groups in total. The standard InChI is InChI=1S/C21H27ClN4O3/c1-4-26(13-16-5-9-18(10-6-16)25(2)3)14-20(27)23-24-21(28)15-29-19-11-7-17(22)8-12-19/h5-12H,4,13-15H2,1-3H3,(H,23,27)(H,24,28)/p+1. The summed E-state index contributed by atoms with van der Waals surface area (Å²) < 4.78 is 5.33. The van der Waals surface area contributed by atoms with Crippen LogP contribution in [-0.2, 0) is 16.1 Å². The van der Waals surface area contributed by atoms with Crippen molar-refractivity contribution in [3.63, 3.8) is 0 Å². The fourth-order valence-corrected chi connectivity index (χ4v) is 2.77. The van der Waals surface area contributed by atoms with Crippen LogP contribution in [0.3, 0.4) is 0 Å². The Labute approximate surface area is 176 Å². The SMILES string of the molecule is CC[NH+](CC(=O)NNC(=O)COc1ccc(Cl)cc1)Cc1ccc(N(C)C)cc1. The number of likely N-dealkylation sites (N-methyl/N-ethyl adjacent to an activating group) is 1. The van der Waals surface area contributed by atoms with Gasteiger partial charge in [-0.1, -0.05) is 23.7 Å². The molecule has 0 saturated carbocycles. The maximum atomic E-state index is 12.2. The molecule has 0 aromatic heterocycles. The van der Waals surface area contributed by atoms with E-state index < -0.39 is 5.91 Å². The Bertz CT molecular complexity index is 795. The van der Waals surface area contributed by atoms with Crippen LogP contribution in [0.4, 0.5) is 5.69 Å². The summed E-state index contributed by atoms with van der Waals surface area (Å²) in [6, 6.07) is 14.9. The van der Waals surface area contributed by atoms with Gasteiger partial charge in [0.15, 0.2) is 13.2 Å². The van der Waals surface area contributed by atoms with E-state index in [1.165, 1.54) is 0 Å². The first-order valence-electron chi connectivity index (χ1n) is 9.43. The van der Waals surface area contributed by atoms with Crippen LogP contribution < -0.4 is 25.4 Å². The molecule has 2 aromatic carbocycles. The lowest BCUT2D eigenvalue weighted by atomic mass is 10.2. The lowest BCUT2D eigenvalue weighted by molar-refractivity contribution is -0.904. The number of halogens is 1. The number of quaternary nitrogens is 1. The summed E-state index contributed by atoms with van der Waals surface area (Å²) in [7, 11) is 4.00. The molecular formula is C21H28ClN4O3+. The Morgan fingerprint density at radius 1 is 1.00 bits per heavy atom. The minimum atomic E-state index is -0.439. The van der Waals surface area contributed by atoms with Crippen molar-refractivity contribution in [3.8, 4) is 5.75 Å². The van der Waals surface area contributed by atoms with Gasteiger partial charge in [-0.2, -0.15) is 0 Å².